The summed E-state index contributed by atoms with van der Waals surface area (Å²) in [5, 5.41) is 0.644. The van der Waals surface area contributed by atoms with E-state index in [4.69, 9.17) is 0 Å². The Hall–Kier alpha value is -1.23. The summed E-state index contributed by atoms with van der Waals surface area (Å²) in [7, 11) is 0. The molecule has 1 aliphatic heterocycles. The van der Waals surface area contributed by atoms with Crippen LogP contribution in [-0.4, -0.2) is 28.2 Å². The highest BCUT2D eigenvalue weighted by atomic mass is 32.2. The van der Waals surface area contributed by atoms with Crippen molar-refractivity contribution in [2.24, 2.45) is 4.99 Å². The molecule has 0 saturated carbocycles. The first-order valence-corrected chi connectivity index (χ1v) is 5.00. The van der Waals surface area contributed by atoms with Crippen molar-refractivity contribution in [1.29, 1.82) is 0 Å². The zero-order valence-corrected chi connectivity index (χ0v) is 7.84. The van der Waals surface area contributed by atoms with Crippen LogP contribution in [0.2, 0.25) is 0 Å². The van der Waals surface area contributed by atoms with Gasteiger partial charge in [0.05, 0.1) is 5.56 Å². The summed E-state index contributed by atoms with van der Waals surface area (Å²) in [5.74, 6) is 0.535. The number of ketones is 1. The number of aromatic nitrogens is 2. The fraction of sp³-hybridized carbons (Fsp3) is 0.250. The minimum absolute atomic E-state index is 0.0395. The molecule has 2 rings (SSSR count). The number of thioether (sulfide) groups is 1. The van der Waals surface area contributed by atoms with Crippen molar-refractivity contribution in [3.05, 3.63) is 11.8 Å². The molecule has 0 radical (unpaired) electrons. The summed E-state index contributed by atoms with van der Waals surface area (Å²) in [4.78, 5) is 23.5. The molecule has 0 unspecified atom stereocenters. The van der Waals surface area contributed by atoms with Gasteiger partial charge in [0.15, 0.2) is 16.8 Å². The smallest absolute Gasteiger partial charge is 0.189 e. The molecule has 1 aliphatic rings. The molecule has 2 heterocycles. The monoisotopic (exact) mass is 193 g/mol. The zero-order valence-electron chi connectivity index (χ0n) is 7.02. The third kappa shape index (κ3) is 1.47. The predicted molar refractivity (Wildman–Crippen MR) is 50.9 cm³/mol. The van der Waals surface area contributed by atoms with Gasteiger partial charge in [0.25, 0.3) is 0 Å². The van der Waals surface area contributed by atoms with E-state index in [-0.39, 0.29) is 5.78 Å². The normalized spacial score (nSPS) is 14.4. The van der Waals surface area contributed by atoms with Crippen LogP contribution in [0.15, 0.2) is 16.3 Å². The molecule has 0 fully saturated rings. The molecule has 0 bridgehead atoms. The molecule has 0 N–H and O–H groups in total. The molecule has 1 aromatic heterocycles. The SMILES string of the molecule is CSc1ncc2c(n1)N=CCC2=O. The van der Waals surface area contributed by atoms with E-state index in [0.717, 1.165) is 0 Å². The van der Waals surface area contributed by atoms with E-state index in [1.165, 1.54) is 11.8 Å². The largest absolute Gasteiger partial charge is 0.294 e. The summed E-state index contributed by atoms with van der Waals surface area (Å²) in [6.45, 7) is 0. The molecule has 5 heteroatoms. The van der Waals surface area contributed by atoms with Crippen molar-refractivity contribution in [2.75, 3.05) is 6.26 Å². The molecule has 1 aromatic rings. The van der Waals surface area contributed by atoms with Gasteiger partial charge in [-0.15, -0.1) is 0 Å². The summed E-state index contributed by atoms with van der Waals surface area (Å²) < 4.78 is 0. The summed E-state index contributed by atoms with van der Waals surface area (Å²) in [6.07, 6.45) is 5.37. The van der Waals surface area contributed by atoms with Crippen LogP contribution in [0.1, 0.15) is 16.8 Å². The maximum atomic E-state index is 11.3. The Labute approximate surface area is 79.5 Å². The first-order chi connectivity index (χ1) is 6.31. The van der Waals surface area contributed by atoms with Gasteiger partial charge in [0.1, 0.15) is 0 Å². The van der Waals surface area contributed by atoms with E-state index < -0.39 is 0 Å². The molecule has 0 spiro atoms. The Balaban J connectivity index is 2.53. The Kier molecular flexibility index (Phi) is 2.10. The van der Waals surface area contributed by atoms with Gasteiger partial charge in [0.2, 0.25) is 0 Å². The second-order valence-electron chi connectivity index (χ2n) is 2.53. The predicted octanol–water partition coefficient (Wildman–Crippen LogP) is 1.49. The number of carbonyl (C=O) groups is 1. The highest BCUT2D eigenvalue weighted by molar-refractivity contribution is 7.98. The lowest BCUT2D eigenvalue weighted by Gasteiger charge is -2.06. The fourth-order valence-electron chi connectivity index (χ4n) is 1.08. The van der Waals surface area contributed by atoms with Crippen LogP contribution in [0.4, 0.5) is 5.82 Å². The highest BCUT2D eigenvalue weighted by Gasteiger charge is 2.16. The van der Waals surface area contributed by atoms with Gasteiger partial charge in [-0.25, -0.2) is 15.0 Å². The summed E-state index contributed by atoms with van der Waals surface area (Å²) >= 11 is 1.44. The number of Topliss-reactive ketones (excluding diaryl/α,β-unsaturated/α-hetero) is 1. The second kappa shape index (κ2) is 3.26. The van der Waals surface area contributed by atoms with Crippen LogP contribution in [0.25, 0.3) is 0 Å². The van der Waals surface area contributed by atoms with E-state index >= 15 is 0 Å². The van der Waals surface area contributed by atoms with Crippen molar-refractivity contribution >= 4 is 29.6 Å². The molecule has 0 saturated heterocycles. The topological polar surface area (TPSA) is 55.2 Å². The molecule has 0 aromatic carbocycles. The van der Waals surface area contributed by atoms with Crippen LogP contribution in [-0.2, 0) is 0 Å². The van der Waals surface area contributed by atoms with Gasteiger partial charge in [-0.3, -0.25) is 4.79 Å². The first kappa shape index (κ1) is 8.37. The third-order valence-electron chi connectivity index (χ3n) is 1.72. The molecule has 4 nitrogen and oxygen atoms in total. The van der Waals surface area contributed by atoms with Gasteiger partial charge in [0, 0.05) is 18.8 Å². The Morgan fingerprint density at radius 3 is 3.15 bits per heavy atom. The van der Waals surface area contributed by atoms with E-state index in [1.807, 2.05) is 6.26 Å². The van der Waals surface area contributed by atoms with Crippen molar-refractivity contribution in [3.63, 3.8) is 0 Å². The second-order valence-corrected chi connectivity index (χ2v) is 3.31. The average Bonchev–Trinajstić information content (AvgIpc) is 2.18. The molecular weight excluding hydrogens is 186 g/mol. The quantitative estimate of drug-likeness (QED) is 0.501. The van der Waals surface area contributed by atoms with Crippen molar-refractivity contribution < 1.29 is 4.79 Å². The van der Waals surface area contributed by atoms with Crippen LogP contribution >= 0.6 is 11.8 Å². The maximum absolute atomic E-state index is 11.3. The molecule has 0 aliphatic carbocycles. The number of carbonyl (C=O) groups excluding carboxylic acids is 1. The Morgan fingerprint density at radius 2 is 2.38 bits per heavy atom. The van der Waals surface area contributed by atoms with Gasteiger partial charge in [-0.1, -0.05) is 11.8 Å². The number of rotatable bonds is 1. The summed E-state index contributed by atoms with van der Waals surface area (Å²) in [6, 6.07) is 0. The van der Waals surface area contributed by atoms with Crippen molar-refractivity contribution in [3.8, 4) is 0 Å². The van der Waals surface area contributed by atoms with E-state index in [2.05, 4.69) is 15.0 Å². The van der Waals surface area contributed by atoms with Gasteiger partial charge < -0.3 is 0 Å². The van der Waals surface area contributed by atoms with Gasteiger partial charge >= 0.3 is 0 Å². The van der Waals surface area contributed by atoms with Gasteiger partial charge in [-0.2, -0.15) is 0 Å². The van der Waals surface area contributed by atoms with Crippen molar-refractivity contribution in [1.82, 2.24) is 9.97 Å². The lowest BCUT2D eigenvalue weighted by molar-refractivity contribution is 0.1000. The number of hydrogen-bond donors (Lipinski definition) is 0. The Bertz CT molecular complexity index is 389. The summed E-state index contributed by atoms with van der Waals surface area (Å²) in [5.41, 5.74) is 0.528. The number of aliphatic imine (C=N–C) groups is 1. The van der Waals surface area contributed by atoms with Crippen LogP contribution < -0.4 is 0 Å². The zero-order chi connectivity index (χ0) is 9.26. The lowest BCUT2D eigenvalue weighted by Crippen LogP contribution is -2.07. The first-order valence-electron chi connectivity index (χ1n) is 3.78. The molecule has 0 amide bonds. The number of fused-ring (bicyclic) bond motifs is 1. The third-order valence-corrected chi connectivity index (χ3v) is 2.28. The minimum atomic E-state index is 0.0395. The molecule has 0 atom stereocenters. The molecule has 66 valence electrons. The minimum Gasteiger partial charge on any atom is -0.294 e. The molecule has 13 heavy (non-hydrogen) atoms. The van der Waals surface area contributed by atoms with E-state index in [9.17, 15) is 4.79 Å². The number of nitrogens with zero attached hydrogens (tertiary/aromatic N) is 3. The highest BCUT2D eigenvalue weighted by Crippen LogP contribution is 2.22. The van der Waals surface area contributed by atoms with Crippen molar-refractivity contribution in [2.45, 2.75) is 11.6 Å². The van der Waals surface area contributed by atoms with E-state index in [1.54, 1.807) is 12.4 Å². The van der Waals surface area contributed by atoms with E-state index in [0.29, 0.717) is 23.0 Å². The van der Waals surface area contributed by atoms with Crippen LogP contribution in [0.5, 0.6) is 0 Å². The van der Waals surface area contributed by atoms with Crippen LogP contribution in [0, 0.1) is 0 Å². The average molecular weight is 193 g/mol. The number of hydrogen-bond acceptors (Lipinski definition) is 5. The maximum Gasteiger partial charge on any atom is 0.189 e. The fourth-order valence-corrected chi connectivity index (χ4v) is 1.41. The van der Waals surface area contributed by atoms with Crippen LogP contribution in [0.3, 0.4) is 0 Å². The van der Waals surface area contributed by atoms with Gasteiger partial charge in [-0.05, 0) is 6.26 Å². The standard InChI is InChI=1S/C8H7N3OS/c1-13-8-10-4-5-6(12)2-3-9-7(5)11-8/h3-4H,2H2,1H3. The molecular formula is C8H7N3OS. The Morgan fingerprint density at radius 1 is 1.54 bits per heavy atom. The lowest BCUT2D eigenvalue weighted by atomic mass is 10.1.